The fourth-order valence-corrected chi connectivity index (χ4v) is 3.39. The number of para-hydroxylation sites is 2. The molecule has 0 saturated heterocycles. The Morgan fingerprint density at radius 3 is 2.50 bits per heavy atom. The number of hydrogen-bond acceptors (Lipinski definition) is 0. The normalized spacial score (nSPS) is 17.3. The lowest BCUT2D eigenvalue weighted by Crippen LogP contribution is -1.96. The van der Waals surface area contributed by atoms with Gasteiger partial charge in [-0.2, -0.15) is 0 Å². The van der Waals surface area contributed by atoms with Gasteiger partial charge < -0.3 is 0 Å². The zero-order valence-electron chi connectivity index (χ0n) is 10.4. The Morgan fingerprint density at radius 1 is 0.833 bits per heavy atom. The average molecular weight is 234 g/mol. The summed E-state index contributed by atoms with van der Waals surface area (Å²) in [5.74, 6) is 0.734. The summed E-state index contributed by atoms with van der Waals surface area (Å²) in [6, 6.07) is 15.2. The SMILES string of the molecule is c1ccc2c(c1)[N]c1c-2cccc1C1CCCC1. The molecule has 1 radical (unpaired) electrons. The van der Waals surface area contributed by atoms with Crippen molar-refractivity contribution in [2.24, 2.45) is 0 Å². The molecule has 89 valence electrons. The summed E-state index contributed by atoms with van der Waals surface area (Å²) < 4.78 is 0. The fraction of sp³-hybridized carbons (Fsp3) is 0.294. The maximum atomic E-state index is 4.86. The Bertz CT molecular complexity index is 594. The summed E-state index contributed by atoms with van der Waals surface area (Å²) in [6.07, 6.45) is 5.42. The lowest BCUT2D eigenvalue weighted by atomic mass is 9.93. The first-order chi connectivity index (χ1) is 8.93. The largest absolute Gasteiger partial charge is 0.247 e. The van der Waals surface area contributed by atoms with Gasteiger partial charge in [0, 0.05) is 11.1 Å². The van der Waals surface area contributed by atoms with Crippen molar-refractivity contribution in [1.82, 2.24) is 5.32 Å². The third-order valence-corrected chi connectivity index (χ3v) is 4.29. The Balaban J connectivity index is 1.86. The van der Waals surface area contributed by atoms with E-state index in [0.29, 0.717) is 0 Å². The van der Waals surface area contributed by atoms with Crippen molar-refractivity contribution in [3.05, 3.63) is 48.0 Å². The standard InChI is InChI=1S/C17H16N/c1-2-7-12(6-1)13-9-5-10-15-14-8-3-4-11-16(14)18-17(13)15/h3-5,8-12H,1-2,6-7H2. The molecule has 1 saturated carbocycles. The summed E-state index contributed by atoms with van der Waals surface area (Å²) in [6.45, 7) is 0. The van der Waals surface area contributed by atoms with Crippen LogP contribution in [0.2, 0.25) is 0 Å². The van der Waals surface area contributed by atoms with Gasteiger partial charge in [-0.3, -0.25) is 0 Å². The molecule has 2 aromatic rings. The molecule has 0 spiro atoms. The summed E-state index contributed by atoms with van der Waals surface area (Å²) in [7, 11) is 0. The first kappa shape index (κ1) is 10.2. The number of rotatable bonds is 1. The van der Waals surface area contributed by atoms with Gasteiger partial charge in [-0.1, -0.05) is 49.2 Å². The molecule has 1 nitrogen and oxygen atoms in total. The third kappa shape index (κ3) is 1.40. The van der Waals surface area contributed by atoms with Crippen molar-refractivity contribution in [2.45, 2.75) is 31.6 Å². The van der Waals surface area contributed by atoms with Crippen molar-refractivity contribution in [3.63, 3.8) is 0 Å². The van der Waals surface area contributed by atoms with Crippen molar-refractivity contribution >= 4 is 11.4 Å². The van der Waals surface area contributed by atoms with Gasteiger partial charge in [0.1, 0.15) is 0 Å². The first-order valence-electron chi connectivity index (χ1n) is 6.87. The highest BCUT2D eigenvalue weighted by Gasteiger charge is 2.26. The van der Waals surface area contributed by atoms with Crippen LogP contribution in [0.4, 0.5) is 11.4 Å². The van der Waals surface area contributed by atoms with E-state index >= 15 is 0 Å². The molecule has 0 bridgehead atoms. The Morgan fingerprint density at radius 2 is 1.61 bits per heavy atom. The second-order valence-electron chi connectivity index (χ2n) is 5.35. The van der Waals surface area contributed by atoms with Crippen LogP contribution in [0.15, 0.2) is 42.5 Å². The van der Waals surface area contributed by atoms with Gasteiger partial charge in [0.05, 0.1) is 11.4 Å². The first-order valence-corrected chi connectivity index (χ1v) is 6.87. The van der Waals surface area contributed by atoms with Gasteiger partial charge in [-0.15, -0.1) is 0 Å². The van der Waals surface area contributed by atoms with Gasteiger partial charge in [-0.05, 0) is 30.4 Å². The zero-order chi connectivity index (χ0) is 11.9. The second-order valence-corrected chi connectivity index (χ2v) is 5.35. The number of benzene rings is 2. The average Bonchev–Trinajstić information content (AvgIpc) is 3.05. The molecule has 0 atom stereocenters. The second kappa shape index (κ2) is 3.88. The van der Waals surface area contributed by atoms with E-state index in [1.54, 1.807) is 0 Å². The minimum atomic E-state index is 0.734. The minimum absolute atomic E-state index is 0.734. The monoisotopic (exact) mass is 234 g/mol. The quantitative estimate of drug-likeness (QED) is 0.569. The Hall–Kier alpha value is -1.76. The molecule has 2 aromatic carbocycles. The molecule has 0 amide bonds. The van der Waals surface area contributed by atoms with E-state index in [2.05, 4.69) is 42.5 Å². The topological polar surface area (TPSA) is 14.1 Å². The number of hydrogen-bond donors (Lipinski definition) is 0. The predicted octanol–water partition coefficient (Wildman–Crippen LogP) is 4.89. The van der Waals surface area contributed by atoms with E-state index in [0.717, 1.165) is 11.6 Å². The van der Waals surface area contributed by atoms with E-state index in [-0.39, 0.29) is 0 Å². The van der Waals surface area contributed by atoms with Crippen LogP contribution in [0.25, 0.3) is 11.1 Å². The molecule has 4 rings (SSSR count). The number of nitrogens with zero attached hydrogens (tertiary/aromatic N) is 1. The molecule has 1 fully saturated rings. The van der Waals surface area contributed by atoms with Crippen LogP contribution in [0.1, 0.15) is 37.2 Å². The van der Waals surface area contributed by atoms with Crippen LogP contribution >= 0.6 is 0 Å². The smallest absolute Gasteiger partial charge is 0.0751 e. The van der Waals surface area contributed by atoms with E-state index in [1.807, 2.05) is 0 Å². The molecular formula is C17H16N. The predicted molar refractivity (Wildman–Crippen MR) is 74.5 cm³/mol. The maximum absolute atomic E-state index is 4.86. The van der Waals surface area contributed by atoms with Crippen LogP contribution in [0, 0.1) is 0 Å². The van der Waals surface area contributed by atoms with Gasteiger partial charge in [0.15, 0.2) is 0 Å². The van der Waals surface area contributed by atoms with Gasteiger partial charge in [0.2, 0.25) is 0 Å². The molecule has 1 aliphatic heterocycles. The van der Waals surface area contributed by atoms with Gasteiger partial charge in [-0.25, -0.2) is 5.32 Å². The molecule has 0 aromatic heterocycles. The maximum Gasteiger partial charge on any atom is 0.0751 e. The molecule has 1 aliphatic carbocycles. The van der Waals surface area contributed by atoms with E-state index in [9.17, 15) is 0 Å². The van der Waals surface area contributed by atoms with Crippen LogP contribution in [-0.4, -0.2) is 0 Å². The molecular weight excluding hydrogens is 218 g/mol. The van der Waals surface area contributed by atoms with Crippen LogP contribution in [-0.2, 0) is 0 Å². The van der Waals surface area contributed by atoms with E-state index in [1.165, 1.54) is 48.1 Å². The fourth-order valence-electron chi connectivity index (χ4n) is 3.39. The Labute approximate surface area is 108 Å². The highest BCUT2D eigenvalue weighted by atomic mass is 14.9. The van der Waals surface area contributed by atoms with E-state index < -0.39 is 0 Å². The van der Waals surface area contributed by atoms with Gasteiger partial charge >= 0.3 is 0 Å². The zero-order valence-corrected chi connectivity index (χ0v) is 10.4. The van der Waals surface area contributed by atoms with Crippen molar-refractivity contribution in [3.8, 4) is 11.1 Å². The van der Waals surface area contributed by atoms with Gasteiger partial charge in [0.25, 0.3) is 0 Å². The van der Waals surface area contributed by atoms with Crippen LogP contribution in [0.5, 0.6) is 0 Å². The summed E-state index contributed by atoms with van der Waals surface area (Å²) in [5.41, 5.74) is 6.48. The minimum Gasteiger partial charge on any atom is -0.247 e. The summed E-state index contributed by atoms with van der Waals surface area (Å²) in [5, 5.41) is 4.86. The van der Waals surface area contributed by atoms with Crippen molar-refractivity contribution in [1.29, 1.82) is 0 Å². The molecule has 18 heavy (non-hydrogen) atoms. The van der Waals surface area contributed by atoms with E-state index in [4.69, 9.17) is 5.32 Å². The Kier molecular flexibility index (Phi) is 2.19. The van der Waals surface area contributed by atoms with Crippen molar-refractivity contribution in [2.75, 3.05) is 0 Å². The van der Waals surface area contributed by atoms with Crippen molar-refractivity contribution < 1.29 is 0 Å². The van der Waals surface area contributed by atoms with Crippen LogP contribution < -0.4 is 5.32 Å². The molecule has 0 N–H and O–H groups in total. The molecule has 0 unspecified atom stereocenters. The molecule has 2 aliphatic rings. The molecule has 1 heteroatoms. The summed E-state index contributed by atoms with van der Waals surface area (Å²) >= 11 is 0. The van der Waals surface area contributed by atoms with Crippen LogP contribution in [0.3, 0.4) is 0 Å². The lowest BCUT2D eigenvalue weighted by Gasteiger charge is -2.13. The molecule has 1 heterocycles. The third-order valence-electron chi connectivity index (χ3n) is 4.29. The summed E-state index contributed by atoms with van der Waals surface area (Å²) in [4.78, 5) is 0. The highest BCUT2D eigenvalue weighted by Crippen LogP contribution is 2.48. The highest BCUT2D eigenvalue weighted by molar-refractivity contribution is 5.92. The number of fused-ring (bicyclic) bond motifs is 3. The lowest BCUT2D eigenvalue weighted by molar-refractivity contribution is 0.722.